The smallest absolute Gasteiger partial charge is 0.233 e. The SMILES string of the molecule is c1ccc2nc(SCc3cn4cccnc4n3)c(SCc3cn4cccnc4n3)nc2c1. The van der Waals surface area contributed by atoms with Crippen molar-refractivity contribution in [2.45, 2.75) is 21.6 Å². The number of fused-ring (bicyclic) bond motifs is 3. The standard InChI is InChI=1S/C22H16N8S2/c1-2-6-18-17(5-1)27-19(31-13-15-11-29-9-3-7-23-21(29)25-15)20(28-18)32-14-16-12-30-10-4-8-24-22(30)26-16/h1-12H,13-14H2. The molecule has 10 heteroatoms. The number of hydrogen-bond acceptors (Lipinski definition) is 8. The van der Waals surface area contributed by atoms with Crippen molar-refractivity contribution in [3.63, 3.8) is 0 Å². The average Bonchev–Trinajstić information content (AvgIpc) is 3.44. The second kappa shape index (κ2) is 8.21. The molecular weight excluding hydrogens is 440 g/mol. The van der Waals surface area contributed by atoms with Crippen LogP contribution in [-0.4, -0.2) is 38.7 Å². The van der Waals surface area contributed by atoms with E-state index in [1.807, 2.05) is 70.0 Å². The van der Waals surface area contributed by atoms with Gasteiger partial charge in [-0.25, -0.2) is 29.9 Å². The number of nitrogens with zero attached hydrogens (tertiary/aromatic N) is 8. The van der Waals surface area contributed by atoms with Crippen molar-refractivity contribution in [2.75, 3.05) is 0 Å². The first-order chi connectivity index (χ1) is 15.8. The summed E-state index contributed by atoms with van der Waals surface area (Å²) in [4.78, 5) is 27.6. The molecule has 0 atom stereocenters. The quantitative estimate of drug-likeness (QED) is 0.343. The van der Waals surface area contributed by atoms with E-state index in [0.717, 1.165) is 32.5 Å². The lowest BCUT2D eigenvalue weighted by Crippen LogP contribution is -1.94. The van der Waals surface area contributed by atoms with Gasteiger partial charge >= 0.3 is 0 Å². The first-order valence-corrected chi connectivity index (χ1v) is 11.9. The van der Waals surface area contributed by atoms with Gasteiger partial charge in [-0.15, -0.1) is 0 Å². The van der Waals surface area contributed by atoms with Crippen LogP contribution in [0.15, 0.2) is 83.6 Å². The fraction of sp³-hybridized carbons (Fsp3) is 0.0909. The summed E-state index contributed by atoms with van der Waals surface area (Å²) in [5.41, 5.74) is 3.66. The fourth-order valence-corrected chi connectivity index (χ4v) is 5.20. The van der Waals surface area contributed by atoms with E-state index in [2.05, 4.69) is 19.9 Å². The molecule has 6 aromatic rings. The maximum absolute atomic E-state index is 4.89. The summed E-state index contributed by atoms with van der Waals surface area (Å²) in [5.74, 6) is 2.76. The minimum absolute atomic E-state index is 0.683. The molecule has 5 heterocycles. The molecule has 0 amide bonds. The van der Waals surface area contributed by atoms with E-state index < -0.39 is 0 Å². The predicted molar refractivity (Wildman–Crippen MR) is 125 cm³/mol. The number of imidazole rings is 2. The Balaban J connectivity index is 1.28. The van der Waals surface area contributed by atoms with Crippen molar-refractivity contribution in [2.24, 2.45) is 0 Å². The van der Waals surface area contributed by atoms with Gasteiger partial charge in [-0.1, -0.05) is 35.7 Å². The van der Waals surface area contributed by atoms with E-state index in [4.69, 9.17) is 9.97 Å². The molecule has 0 radical (unpaired) electrons. The molecule has 6 rings (SSSR count). The Morgan fingerprint density at radius 2 is 1.12 bits per heavy atom. The monoisotopic (exact) mass is 456 g/mol. The normalized spacial score (nSPS) is 11.6. The number of thioether (sulfide) groups is 2. The molecule has 0 aliphatic heterocycles. The van der Waals surface area contributed by atoms with Crippen LogP contribution in [0.2, 0.25) is 0 Å². The topological polar surface area (TPSA) is 86.2 Å². The largest absolute Gasteiger partial charge is 0.291 e. The molecule has 0 aliphatic carbocycles. The van der Waals surface area contributed by atoms with Gasteiger partial charge in [0.05, 0.1) is 22.4 Å². The molecule has 0 aliphatic rings. The minimum Gasteiger partial charge on any atom is -0.291 e. The molecule has 0 saturated heterocycles. The molecule has 0 spiro atoms. The van der Waals surface area contributed by atoms with Crippen LogP contribution in [0.3, 0.4) is 0 Å². The Morgan fingerprint density at radius 3 is 1.59 bits per heavy atom. The van der Waals surface area contributed by atoms with Gasteiger partial charge in [0.1, 0.15) is 10.1 Å². The maximum atomic E-state index is 4.89. The highest BCUT2D eigenvalue weighted by Crippen LogP contribution is 2.33. The third kappa shape index (κ3) is 3.78. The first-order valence-electron chi connectivity index (χ1n) is 9.91. The number of para-hydroxylation sites is 2. The first kappa shape index (κ1) is 19.2. The van der Waals surface area contributed by atoms with Crippen LogP contribution in [0.25, 0.3) is 22.6 Å². The Morgan fingerprint density at radius 1 is 0.625 bits per heavy atom. The van der Waals surface area contributed by atoms with E-state index in [1.54, 1.807) is 35.9 Å². The Labute approximate surface area is 191 Å². The lowest BCUT2D eigenvalue weighted by Gasteiger charge is -2.08. The van der Waals surface area contributed by atoms with Gasteiger partial charge in [0.25, 0.3) is 0 Å². The third-order valence-electron chi connectivity index (χ3n) is 4.79. The summed E-state index contributed by atoms with van der Waals surface area (Å²) < 4.78 is 3.85. The molecule has 0 saturated carbocycles. The molecular formula is C22H16N8S2. The molecule has 32 heavy (non-hydrogen) atoms. The van der Waals surface area contributed by atoms with E-state index in [1.165, 1.54) is 0 Å². The summed E-state index contributed by atoms with van der Waals surface area (Å²) in [7, 11) is 0. The fourth-order valence-electron chi connectivity index (χ4n) is 3.34. The Kier molecular flexibility index (Phi) is 4.93. The molecule has 0 fully saturated rings. The van der Waals surface area contributed by atoms with E-state index >= 15 is 0 Å². The second-order valence-corrected chi connectivity index (χ2v) is 8.95. The number of aromatic nitrogens is 8. The zero-order valence-electron chi connectivity index (χ0n) is 16.7. The van der Waals surface area contributed by atoms with Crippen molar-refractivity contribution in [1.29, 1.82) is 0 Å². The van der Waals surface area contributed by atoms with Gasteiger partial charge in [-0.3, -0.25) is 8.80 Å². The summed E-state index contributed by atoms with van der Waals surface area (Å²) in [5, 5.41) is 1.78. The van der Waals surface area contributed by atoms with Gasteiger partial charge in [0, 0.05) is 48.7 Å². The van der Waals surface area contributed by atoms with E-state index in [9.17, 15) is 0 Å². The van der Waals surface area contributed by atoms with Gasteiger partial charge < -0.3 is 0 Å². The minimum atomic E-state index is 0.683. The second-order valence-electron chi connectivity index (χ2n) is 7.02. The average molecular weight is 457 g/mol. The van der Waals surface area contributed by atoms with Crippen molar-refractivity contribution in [1.82, 2.24) is 38.7 Å². The highest BCUT2D eigenvalue weighted by molar-refractivity contribution is 8.01. The highest BCUT2D eigenvalue weighted by Gasteiger charge is 2.13. The van der Waals surface area contributed by atoms with Crippen molar-refractivity contribution < 1.29 is 0 Å². The lowest BCUT2D eigenvalue weighted by atomic mass is 10.3. The van der Waals surface area contributed by atoms with Crippen LogP contribution in [0.1, 0.15) is 11.4 Å². The molecule has 1 aromatic carbocycles. The van der Waals surface area contributed by atoms with Crippen molar-refractivity contribution in [3.05, 3.63) is 85.0 Å². The van der Waals surface area contributed by atoms with Crippen LogP contribution in [0, 0.1) is 0 Å². The third-order valence-corrected chi connectivity index (χ3v) is 6.92. The van der Waals surface area contributed by atoms with E-state index in [0.29, 0.717) is 23.1 Å². The zero-order valence-corrected chi connectivity index (χ0v) is 18.4. The summed E-state index contributed by atoms with van der Waals surface area (Å²) in [6.07, 6.45) is 11.4. The molecule has 0 unspecified atom stereocenters. The van der Waals surface area contributed by atoms with E-state index in [-0.39, 0.29) is 0 Å². The number of hydrogen-bond donors (Lipinski definition) is 0. The van der Waals surface area contributed by atoms with Crippen LogP contribution >= 0.6 is 23.5 Å². The summed E-state index contributed by atoms with van der Waals surface area (Å²) >= 11 is 3.27. The van der Waals surface area contributed by atoms with Gasteiger partial charge in [0.2, 0.25) is 11.6 Å². The zero-order chi connectivity index (χ0) is 21.3. The summed E-state index contributed by atoms with van der Waals surface area (Å²) in [6, 6.07) is 11.7. The van der Waals surface area contributed by atoms with Gasteiger partial charge in [0.15, 0.2) is 0 Å². The van der Waals surface area contributed by atoms with Crippen LogP contribution < -0.4 is 0 Å². The lowest BCUT2D eigenvalue weighted by molar-refractivity contribution is 0.965. The van der Waals surface area contributed by atoms with Crippen LogP contribution in [-0.2, 0) is 11.5 Å². The predicted octanol–water partition coefficient (Wildman–Crippen LogP) is 4.30. The number of rotatable bonds is 6. The van der Waals surface area contributed by atoms with Crippen molar-refractivity contribution in [3.8, 4) is 0 Å². The molecule has 8 nitrogen and oxygen atoms in total. The van der Waals surface area contributed by atoms with Gasteiger partial charge in [-0.2, -0.15) is 0 Å². The summed E-state index contributed by atoms with van der Waals surface area (Å²) in [6.45, 7) is 0. The van der Waals surface area contributed by atoms with Crippen molar-refractivity contribution >= 4 is 46.1 Å². The van der Waals surface area contributed by atoms with Crippen LogP contribution in [0.5, 0.6) is 0 Å². The van der Waals surface area contributed by atoms with Crippen LogP contribution in [0.4, 0.5) is 0 Å². The number of benzene rings is 1. The molecule has 5 aromatic heterocycles. The molecule has 0 N–H and O–H groups in total. The van der Waals surface area contributed by atoms with Gasteiger partial charge in [-0.05, 0) is 24.3 Å². The molecule has 0 bridgehead atoms. The molecule has 156 valence electrons. The highest BCUT2D eigenvalue weighted by atomic mass is 32.2. The Bertz CT molecular complexity index is 1380. The Hall–Kier alpha value is -3.50. The maximum Gasteiger partial charge on any atom is 0.233 e.